The summed E-state index contributed by atoms with van der Waals surface area (Å²) in [7, 11) is 1.70. The summed E-state index contributed by atoms with van der Waals surface area (Å²) < 4.78 is 5.62. The number of carbonyl (C=O) groups excluding carboxylic acids is 1. The van der Waals surface area contributed by atoms with Gasteiger partial charge in [0.15, 0.2) is 5.78 Å². The summed E-state index contributed by atoms with van der Waals surface area (Å²) in [6.45, 7) is 3.63. The average molecular weight is 336 g/mol. The molecule has 0 aromatic heterocycles. The lowest BCUT2D eigenvalue weighted by molar-refractivity contribution is -0.921. The minimum absolute atomic E-state index is 0.112. The fourth-order valence-electron chi connectivity index (χ4n) is 4.84. The monoisotopic (exact) mass is 336 g/mol. The zero-order valence-electron chi connectivity index (χ0n) is 14.8. The smallest absolute Gasteiger partial charge is 0.170 e. The van der Waals surface area contributed by atoms with Gasteiger partial charge in [0.05, 0.1) is 32.7 Å². The Bertz CT molecular complexity index is 735. The van der Waals surface area contributed by atoms with Crippen LogP contribution in [0.5, 0.6) is 5.75 Å². The van der Waals surface area contributed by atoms with Gasteiger partial charge in [-0.2, -0.15) is 0 Å². The van der Waals surface area contributed by atoms with E-state index in [1.807, 2.05) is 48.5 Å². The van der Waals surface area contributed by atoms with Gasteiger partial charge < -0.3 is 9.64 Å². The Morgan fingerprint density at radius 1 is 1.04 bits per heavy atom. The third-order valence-corrected chi connectivity index (χ3v) is 6.11. The molecular weight excluding hydrogens is 310 g/mol. The molecule has 2 unspecified atom stereocenters. The molecule has 3 aliphatic heterocycles. The largest absolute Gasteiger partial charge is 0.496 e. The van der Waals surface area contributed by atoms with Crippen LogP contribution in [0, 0.1) is 11.8 Å². The van der Waals surface area contributed by atoms with Gasteiger partial charge >= 0.3 is 0 Å². The van der Waals surface area contributed by atoms with Crippen LogP contribution in [-0.4, -0.2) is 32.5 Å². The first-order chi connectivity index (χ1) is 12.3. The van der Waals surface area contributed by atoms with Gasteiger partial charge in [-0.3, -0.25) is 4.79 Å². The van der Waals surface area contributed by atoms with Crippen LogP contribution in [0.2, 0.25) is 0 Å². The Morgan fingerprint density at radius 2 is 1.72 bits per heavy atom. The van der Waals surface area contributed by atoms with Gasteiger partial charge in [-0.05, 0) is 12.0 Å². The second kappa shape index (κ2) is 7.01. The van der Waals surface area contributed by atoms with Crippen molar-refractivity contribution >= 4 is 5.78 Å². The predicted octanol–water partition coefficient (Wildman–Crippen LogP) is 2.59. The summed E-state index contributed by atoms with van der Waals surface area (Å²) in [5, 5.41) is 0. The number of hydrogen-bond donors (Lipinski definition) is 1. The van der Waals surface area contributed by atoms with Crippen LogP contribution in [0.25, 0.3) is 0 Å². The molecule has 3 aliphatic rings. The van der Waals surface area contributed by atoms with Gasteiger partial charge in [0, 0.05) is 29.9 Å². The molecule has 2 aromatic carbocycles. The molecule has 2 atom stereocenters. The van der Waals surface area contributed by atoms with E-state index in [1.54, 1.807) is 12.0 Å². The minimum Gasteiger partial charge on any atom is -0.496 e. The number of para-hydroxylation sites is 1. The molecule has 25 heavy (non-hydrogen) atoms. The number of carbonyl (C=O) groups is 1. The quantitative estimate of drug-likeness (QED) is 0.851. The first kappa shape index (κ1) is 16.3. The van der Waals surface area contributed by atoms with Crippen LogP contribution in [-0.2, 0) is 0 Å². The Hall–Kier alpha value is -2.13. The molecule has 0 saturated carbocycles. The van der Waals surface area contributed by atoms with Gasteiger partial charge in [0.1, 0.15) is 5.75 Å². The number of hydrogen-bond acceptors (Lipinski definition) is 2. The topological polar surface area (TPSA) is 30.7 Å². The molecule has 0 aliphatic carbocycles. The Kier molecular flexibility index (Phi) is 4.58. The van der Waals surface area contributed by atoms with E-state index in [9.17, 15) is 4.79 Å². The summed E-state index contributed by atoms with van der Waals surface area (Å²) in [5.41, 5.74) is 1.86. The van der Waals surface area contributed by atoms with Gasteiger partial charge in [0.2, 0.25) is 0 Å². The third kappa shape index (κ3) is 3.09. The lowest BCUT2D eigenvalue weighted by atomic mass is 9.68. The third-order valence-electron chi connectivity index (χ3n) is 6.11. The van der Waals surface area contributed by atoms with Gasteiger partial charge in [-0.25, -0.2) is 0 Å². The molecule has 2 bridgehead atoms. The Labute approximate surface area is 149 Å². The zero-order chi connectivity index (χ0) is 17.2. The molecule has 3 heteroatoms. The maximum atomic E-state index is 13.5. The lowest BCUT2D eigenvalue weighted by Gasteiger charge is -2.44. The standard InChI is InChI=1S/C22H25NO2/c1-25-20-10-6-5-9-18(20)21(22(24)17-7-3-2-4-8-17)19-15-23-13-11-16(19)12-14-23/h2-10,16,19,21H,11-15H2,1H3/p+1. The van der Waals surface area contributed by atoms with Crippen molar-refractivity contribution in [3.63, 3.8) is 0 Å². The number of benzene rings is 2. The first-order valence-corrected chi connectivity index (χ1v) is 9.33. The van der Waals surface area contributed by atoms with E-state index >= 15 is 0 Å². The number of fused-ring (bicyclic) bond motifs is 3. The van der Waals surface area contributed by atoms with Crippen LogP contribution in [0.4, 0.5) is 0 Å². The summed E-state index contributed by atoms with van der Waals surface area (Å²) in [4.78, 5) is 15.2. The van der Waals surface area contributed by atoms with Crippen molar-refractivity contribution in [1.29, 1.82) is 0 Å². The molecule has 0 spiro atoms. The number of piperidine rings is 3. The van der Waals surface area contributed by atoms with Crippen molar-refractivity contribution in [2.75, 3.05) is 26.7 Å². The van der Waals surface area contributed by atoms with E-state index in [4.69, 9.17) is 4.74 Å². The van der Waals surface area contributed by atoms with Crippen LogP contribution in [0.3, 0.4) is 0 Å². The molecule has 130 valence electrons. The molecule has 3 heterocycles. The summed E-state index contributed by atoms with van der Waals surface area (Å²) >= 11 is 0. The first-order valence-electron chi connectivity index (χ1n) is 9.33. The summed E-state index contributed by atoms with van der Waals surface area (Å²) in [6, 6.07) is 17.8. The Morgan fingerprint density at radius 3 is 2.36 bits per heavy atom. The van der Waals surface area contributed by atoms with Crippen molar-refractivity contribution in [1.82, 2.24) is 0 Å². The second-order valence-electron chi connectivity index (χ2n) is 7.41. The molecular formula is C22H26NO2+. The van der Waals surface area contributed by atoms with Crippen molar-refractivity contribution < 1.29 is 14.4 Å². The average Bonchev–Trinajstić information content (AvgIpc) is 2.70. The number of rotatable bonds is 5. The molecule has 3 fully saturated rings. The Balaban J connectivity index is 1.77. The van der Waals surface area contributed by atoms with E-state index in [0.29, 0.717) is 11.8 Å². The number of ketones is 1. The fourth-order valence-corrected chi connectivity index (χ4v) is 4.84. The van der Waals surface area contributed by atoms with Gasteiger partial charge in [-0.15, -0.1) is 0 Å². The normalized spacial score (nSPS) is 26.2. The highest BCUT2D eigenvalue weighted by Crippen LogP contribution is 2.41. The fraction of sp³-hybridized carbons (Fsp3) is 0.409. The molecule has 0 amide bonds. The van der Waals surface area contributed by atoms with E-state index in [0.717, 1.165) is 23.4 Å². The minimum atomic E-state index is -0.112. The number of methoxy groups -OCH3 is 1. The van der Waals surface area contributed by atoms with E-state index < -0.39 is 0 Å². The van der Waals surface area contributed by atoms with Crippen LogP contribution in [0.1, 0.15) is 34.7 Å². The zero-order valence-corrected chi connectivity index (χ0v) is 14.8. The lowest BCUT2D eigenvalue weighted by Crippen LogP contribution is -3.16. The number of Topliss-reactive ketones (excluding diaryl/α,β-unsaturated/α-hetero) is 1. The molecule has 5 rings (SSSR count). The van der Waals surface area contributed by atoms with Crippen LogP contribution in [0.15, 0.2) is 54.6 Å². The van der Waals surface area contributed by atoms with E-state index in [-0.39, 0.29) is 11.7 Å². The maximum Gasteiger partial charge on any atom is 0.170 e. The molecule has 1 N–H and O–H groups in total. The van der Waals surface area contributed by atoms with E-state index in [1.165, 1.54) is 25.9 Å². The highest BCUT2D eigenvalue weighted by Gasteiger charge is 2.45. The second-order valence-corrected chi connectivity index (χ2v) is 7.41. The number of quaternary nitrogens is 1. The van der Waals surface area contributed by atoms with Gasteiger partial charge in [-0.1, -0.05) is 48.5 Å². The van der Waals surface area contributed by atoms with E-state index in [2.05, 4.69) is 6.07 Å². The predicted molar refractivity (Wildman–Crippen MR) is 98.3 cm³/mol. The molecule has 0 radical (unpaired) electrons. The van der Waals surface area contributed by atoms with Crippen LogP contribution < -0.4 is 9.64 Å². The van der Waals surface area contributed by atoms with Gasteiger partial charge in [0.25, 0.3) is 0 Å². The molecule has 3 nitrogen and oxygen atoms in total. The number of ether oxygens (including phenoxy) is 1. The van der Waals surface area contributed by atoms with Crippen molar-refractivity contribution in [2.45, 2.75) is 18.8 Å². The number of nitrogens with one attached hydrogen (secondary N) is 1. The summed E-state index contributed by atoms with van der Waals surface area (Å²) in [5.74, 6) is 2.02. The highest BCUT2D eigenvalue weighted by atomic mass is 16.5. The van der Waals surface area contributed by atoms with Crippen molar-refractivity contribution in [3.8, 4) is 5.75 Å². The molecule has 3 saturated heterocycles. The summed E-state index contributed by atoms with van der Waals surface area (Å²) in [6.07, 6.45) is 2.49. The highest BCUT2D eigenvalue weighted by molar-refractivity contribution is 6.01. The maximum absolute atomic E-state index is 13.5. The van der Waals surface area contributed by atoms with Crippen LogP contribution >= 0.6 is 0 Å². The van der Waals surface area contributed by atoms with Crippen molar-refractivity contribution in [3.05, 3.63) is 65.7 Å². The SMILES string of the molecule is COc1ccccc1C(C(=O)c1ccccc1)C1C[NH+]2CCC1CC2. The molecule has 2 aromatic rings. The van der Waals surface area contributed by atoms with Crippen molar-refractivity contribution in [2.24, 2.45) is 11.8 Å².